The maximum atomic E-state index is 13.0. The van der Waals surface area contributed by atoms with Gasteiger partial charge in [0.05, 0.1) is 18.9 Å². The van der Waals surface area contributed by atoms with Crippen molar-refractivity contribution in [3.8, 4) is 0 Å². The fourth-order valence-electron chi connectivity index (χ4n) is 2.89. The second-order valence-corrected chi connectivity index (χ2v) is 8.49. The highest BCUT2D eigenvalue weighted by Crippen LogP contribution is 2.56. The van der Waals surface area contributed by atoms with Crippen LogP contribution < -0.4 is 0 Å². The lowest BCUT2D eigenvalue weighted by Gasteiger charge is -2.26. The predicted octanol–water partition coefficient (Wildman–Crippen LogP) is 7.12. The van der Waals surface area contributed by atoms with Crippen LogP contribution in [0, 0.1) is 0 Å². The largest absolute Gasteiger partial charge is 0.333 e. The van der Waals surface area contributed by atoms with Gasteiger partial charge in [0, 0.05) is 0 Å². The molecule has 0 aromatic heterocycles. The van der Waals surface area contributed by atoms with Gasteiger partial charge in [-0.2, -0.15) is 0 Å². The Morgan fingerprint density at radius 3 is 1.87 bits per heavy atom. The van der Waals surface area contributed by atoms with Crippen molar-refractivity contribution in [3.05, 3.63) is 12.7 Å². The van der Waals surface area contributed by atoms with Gasteiger partial charge < -0.3 is 9.05 Å². The van der Waals surface area contributed by atoms with Crippen molar-refractivity contribution < 1.29 is 13.6 Å². The van der Waals surface area contributed by atoms with E-state index in [1.54, 1.807) is 0 Å². The van der Waals surface area contributed by atoms with E-state index in [1.165, 1.54) is 44.9 Å². The highest BCUT2D eigenvalue weighted by atomic mass is 31.2. The van der Waals surface area contributed by atoms with Gasteiger partial charge in [-0.1, -0.05) is 64.4 Å². The number of unbranched alkanes of at least 4 members (excludes halogenated alkanes) is 7. The standard InChI is InChI=1S/C19H39O3P/c1-5-9-11-12-13-14-15-16-18-19(17-10-6-2)23(20,21-7-3)22-8-4/h6,19H,2,5,7-18H2,1,3-4H3/t19-/m0/s1. The molecule has 0 saturated carbocycles. The molecule has 0 unspecified atom stereocenters. The summed E-state index contributed by atoms with van der Waals surface area (Å²) in [6, 6.07) is 0. The van der Waals surface area contributed by atoms with E-state index in [-0.39, 0.29) is 5.66 Å². The number of allylic oxidation sites excluding steroid dienone is 1. The Labute approximate surface area is 144 Å². The summed E-state index contributed by atoms with van der Waals surface area (Å²) >= 11 is 0. The van der Waals surface area contributed by atoms with Crippen molar-refractivity contribution in [2.45, 2.75) is 97.1 Å². The smallest absolute Gasteiger partial charge is 0.309 e. The summed E-state index contributed by atoms with van der Waals surface area (Å²) in [4.78, 5) is 0. The van der Waals surface area contributed by atoms with Crippen LogP contribution in [-0.2, 0) is 13.6 Å². The molecule has 0 aliphatic heterocycles. The van der Waals surface area contributed by atoms with E-state index in [0.717, 1.165) is 25.7 Å². The van der Waals surface area contributed by atoms with Crippen molar-refractivity contribution in [3.63, 3.8) is 0 Å². The lowest BCUT2D eigenvalue weighted by molar-refractivity contribution is 0.208. The highest BCUT2D eigenvalue weighted by molar-refractivity contribution is 7.54. The minimum absolute atomic E-state index is 0.0143. The summed E-state index contributed by atoms with van der Waals surface area (Å²) in [5, 5.41) is 0. The van der Waals surface area contributed by atoms with Gasteiger partial charge in [0.25, 0.3) is 0 Å². The molecule has 0 spiro atoms. The third-order valence-corrected chi connectivity index (χ3v) is 6.81. The summed E-state index contributed by atoms with van der Waals surface area (Å²) < 4.78 is 24.1. The zero-order valence-corrected chi connectivity index (χ0v) is 16.6. The van der Waals surface area contributed by atoms with E-state index in [2.05, 4.69) is 13.5 Å². The van der Waals surface area contributed by atoms with E-state index < -0.39 is 7.60 Å². The van der Waals surface area contributed by atoms with Crippen LogP contribution >= 0.6 is 7.60 Å². The Morgan fingerprint density at radius 2 is 1.39 bits per heavy atom. The highest BCUT2D eigenvalue weighted by Gasteiger charge is 2.34. The Bertz CT molecular complexity index is 308. The molecule has 0 saturated heterocycles. The average molecular weight is 346 g/mol. The van der Waals surface area contributed by atoms with Gasteiger partial charge in [0.1, 0.15) is 0 Å². The first-order valence-corrected chi connectivity index (χ1v) is 11.2. The maximum Gasteiger partial charge on any atom is 0.333 e. The van der Waals surface area contributed by atoms with Gasteiger partial charge >= 0.3 is 7.60 Å². The molecule has 0 aliphatic carbocycles. The van der Waals surface area contributed by atoms with Crippen LogP contribution in [0.2, 0.25) is 0 Å². The zero-order valence-electron chi connectivity index (χ0n) is 15.7. The third kappa shape index (κ3) is 11.1. The first-order chi connectivity index (χ1) is 11.1. The molecule has 138 valence electrons. The van der Waals surface area contributed by atoms with E-state index in [0.29, 0.717) is 13.2 Å². The molecule has 0 amide bonds. The van der Waals surface area contributed by atoms with Crippen LogP contribution in [0.25, 0.3) is 0 Å². The number of hydrogen-bond donors (Lipinski definition) is 0. The molecule has 0 N–H and O–H groups in total. The molecule has 0 aromatic carbocycles. The molecule has 23 heavy (non-hydrogen) atoms. The summed E-state index contributed by atoms with van der Waals surface area (Å²) in [5.41, 5.74) is 0.0143. The topological polar surface area (TPSA) is 35.5 Å². The molecular weight excluding hydrogens is 307 g/mol. The van der Waals surface area contributed by atoms with Gasteiger partial charge in [0.15, 0.2) is 0 Å². The fraction of sp³-hybridized carbons (Fsp3) is 0.895. The van der Waals surface area contributed by atoms with Crippen LogP contribution in [0.15, 0.2) is 12.7 Å². The SMILES string of the molecule is C=CCC[C@@H](CCCCCCCCCC)P(=O)(OCC)OCC. The van der Waals surface area contributed by atoms with E-state index in [1.807, 2.05) is 19.9 Å². The molecule has 3 nitrogen and oxygen atoms in total. The van der Waals surface area contributed by atoms with Gasteiger partial charge in [0.2, 0.25) is 0 Å². The Kier molecular flexibility index (Phi) is 15.3. The molecule has 4 heteroatoms. The molecule has 0 fully saturated rings. The quantitative estimate of drug-likeness (QED) is 0.160. The van der Waals surface area contributed by atoms with Gasteiger partial charge in [-0.3, -0.25) is 4.57 Å². The van der Waals surface area contributed by atoms with Crippen LogP contribution in [0.1, 0.15) is 91.4 Å². The monoisotopic (exact) mass is 346 g/mol. The molecule has 1 atom stereocenters. The fourth-order valence-corrected chi connectivity index (χ4v) is 5.07. The number of rotatable bonds is 17. The van der Waals surface area contributed by atoms with Crippen LogP contribution in [0.3, 0.4) is 0 Å². The predicted molar refractivity (Wildman–Crippen MR) is 101 cm³/mol. The lowest BCUT2D eigenvalue weighted by atomic mass is 10.0. The van der Waals surface area contributed by atoms with Crippen LogP contribution in [0.5, 0.6) is 0 Å². The molecule has 0 radical (unpaired) electrons. The molecule has 0 bridgehead atoms. The van der Waals surface area contributed by atoms with Crippen molar-refractivity contribution in [2.75, 3.05) is 13.2 Å². The van der Waals surface area contributed by atoms with Crippen LogP contribution in [0.4, 0.5) is 0 Å². The second-order valence-electron chi connectivity index (χ2n) is 6.16. The zero-order chi connectivity index (χ0) is 17.4. The van der Waals surface area contributed by atoms with Crippen molar-refractivity contribution in [2.24, 2.45) is 0 Å². The van der Waals surface area contributed by atoms with Gasteiger partial charge in [-0.15, -0.1) is 6.58 Å². The van der Waals surface area contributed by atoms with E-state index >= 15 is 0 Å². The molecule has 0 rings (SSSR count). The Balaban J connectivity index is 4.22. The Morgan fingerprint density at radius 1 is 0.870 bits per heavy atom. The van der Waals surface area contributed by atoms with Crippen LogP contribution in [-0.4, -0.2) is 18.9 Å². The maximum absolute atomic E-state index is 13.0. The first kappa shape index (κ1) is 22.9. The normalized spacial score (nSPS) is 13.2. The van der Waals surface area contributed by atoms with Gasteiger partial charge in [-0.25, -0.2) is 0 Å². The molecule has 0 heterocycles. The van der Waals surface area contributed by atoms with E-state index in [4.69, 9.17) is 9.05 Å². The molecule has 0 aromatic rings. The second kappa shape index (κ2) is 15.4. The first-order valence-electron chi connectivity index (χ1n) is 9.64. The third-order valence-electron chi connectivity index (χ3n) is 4.16. The minimum atomic E-state index is -2.98. The molecular formula is C19H39O3P. The average Bonchev–Trinajstić information content (AvgIpc) is 2.53. The summed E-state index contributed by atoms with van der Waals surface area (Å²) in [6.45, 7) is 10.7. The molecule has 0 aliphatic rings. The van der Waals surface area contributed by atoms with Gasteiger partial charge in [-0.05, 0) is 33.1 Å². The van der Waals surface area contributed by atoms with Crippen molar-refractivity contribution in [1.29, 1.82) is 0 Å². The summed E-state index contributed by atoms with van der Waals surface area (Å²) in [5.74, 6) is 0. The summed E-state index contributed by atoms with van der Waals surface area (Å²) in [7, 11) is -2.98. The minimum Gasteiger partial charge on any atom is -0.309 e. The van der Waals surface area contributed by atoms with E-state index in [9.17, 15) is 4.57 Å². The number of hydrogen-bond acceptors (Lipinski definition) is 3. The summed E-state index contributed by atoms with van der Waals surface area (Å²) in [6.07, 6.45) is 14.8. The van der Waals surface area contributed by atoms with Crippen molar-refractivity contribution >= 4 is 7.60 Å². The Hall–Kier alpha value is -0.110. The lowest BCUT2D eigenvalue weighted by Crippen LogP contribution is -2.13. The van der Waals surface area contributed by atoms with Crippen molar-refractivity contribution in [1.82, 2.24) is 0 Å².